The predicted molar refractivity (Wildman–Crippen MR) is 77.7 cm³/mol. The number of benzene rings is 1. The van der Waals surface area contributed by atoms with Crippen LogP contribution in [-0.2, 0) is 13.0 Å². The highest BCUT2D eigenvalue weighted by molar-refractivity contribution is 5.47. The van der Waals surface area contributed by atoms with E-state index in [1.807, 2.05) is 6.92 Å². The summed E-state index contributed by atoms with van der Waals surface area (Å²) in [6.45, 7) is 4.83. The molecule has 100 valence electrons. The maximum Gasteiger partial charge on any atom is 0.145 e. The van der Waals surface area contributed by atoms with E-state index in [0.29, 0.717) is 5.82 Å². The number of nitrogens with two attached hydrogens (primary N) is 1. The van der Waals surface area contributed by atoms with Crippen LogP contribution in [0.25, 0.3) is 0 Å². The zero-order valence-corrected chi connectivity index (χ0v) is 11.3. The van der Waals surface area contributed by atoms with Crippen LogP contribution in [-0.4, -0.2) is 9.97 Å². The maximum absolute atomic E-state index is 5.40. The number of anilines is 2. The van der Waals surface area contributed by atoms with E-state index in [9.17, 15) is 0 Å². The molecule has 0 unspecified atom stereocenters. The van der Waals surface area contributed by atoms with Crippen LogP contribution < -0.4 is 16.6 Å². The van der Waals surface area contributed by atoms with Crippen LogP contribution in [0.2, 0.25) is 0 Å². The highest BCUT2D eigenvalue weighted by Crippen LogP contribution is 2.12. The van der Waals surface area contributed by atoms with Crippen LogP contribution in [0, 0.1) is 6.92 Å². The molecule has 0 saturated carbocycles. The van der Waals surface area contributed by atoms with Crippen molar-refractivity contribution in [1.29, 1.82) is 0 Å². The van der Waals surface area contributed by atoms with Crippen molar-refractivity contribution in [3.8, 4) is 0 Å². The Morgan fingerprint density at radius 2 is 1.95 bits per heavy atom. The van der Waals surface area contributed by atoms with E-state index < -0.39 is 0 Å². The third-order valence-corrected chi connectivity index (χ3v) is 2.79. The van der Waals surface area contributed by atoms with Crippen LogP contribution in [0.5, 0.6) is 0 Å². The third-order valence-electron chi connectivity index (χ3n) is 2.79. The van der Waals surface area contributed by atoms with Gasteiger partial charge in [0.1, 0.15) is 17.5 Å². The topological polar surface area (TPSA) is 75.9 Å². The first-order valence-corrected chi connectivity index (χ1v) is 6.35. The van der Waals surface area contributed by atoms with Crippen molar-refractivity contribution >= 4 is 11.6 Å². The van der Waals surface area contributed by atoms with Crippen molar-refractivity contribution in [2.75, 3.05) is 10.7 Å². The lowest BCUT2D eigenvalue weighted by Crippen LogP contribution is -2.12. The number of aryl methyl sites for hydroxylation is 2. The van der Waals surface area contributed by atoms with Gasteiger partial charge in [-0.15, -0.1) is 0 Å². The van der Waals surface area contributed by atoms with Gasteiger partial charge in [0.05, 0.1) is 0 Å². The molecule has 0 aliphatic heterocycles. The summed E-state index contributed by atoms with van der Waals surface area (Å²) in [5.74, 6) is 7.57. The molecule has 1 heterocycles. The molecule has 0 aliphatic rings. The van der Waals surface area contributed by atoms with Gasteiger partial charge in [-0.2, -0.15) is 0 Å². The first-order chi connectivity index (χ1) is 9.21. The average Bonchev–Trinajstić information content (AvgIpc) is 2.44. The molecule has 0 amide bonds. The number of hydrazine groups is 1. The minimum Gasteiger partial charge on any atom is -0.366 e. The summed E-state index contributed by atoms with van der Waals surface area (Å²) in [5.41, 5.74) is 5.03. The normalized spacial score (nSPS) is 10.3. The highest BCUT2D eigenvalue weighted by Gasteiger charge is 2.02. The molecule has 19 heavy (non-hydrogen) atoms. The summed E-state index contributed by atoms with van der Waals surface area (Å²) in [5, 5.41) is 3.29. The number of hydrogen-bond donors (Lipinski definition) is 3. The molecule has 0 fully saturated rings. The Hall–Kier alpha value is -2.14. The molecule has 0 radical (unpaired) electrons. The number of rotatable bonds is 5. The lowest BCUT2D eigenvalue weighted by molar-refractivity contribution is 0.931. The van der Waals surface area contributed by atoms with Crippen LogP contribution in [0.1, 0.15) is 23.9 Å². The molecule has 0 spiro atoms. The molecule has 2 rings (SSSR count). The number of nitrogens with zero attached hydrogens (tertiary/aromatic N) is 2. The molecule has 0 atom stereocenters. The second-order valence-electron chi connectivity index (χ2n) is 4.40. The lowest BCUT2D eigenvalue weighted by Gasteiger charge is -2.09. The van der Waals surface area contributed by atoms with E-state index in [2.05, 4.69) is 51.9 Å². The number of aromatic nitrogens is 2. The van der Waals surface area contributed by atoms with Crippen LogP contribution in [0.15, 0.2) is 30.3 Å². The molecule has 0 bridgehead atoms. The van der Waals surface area contributed by atoms with E-state index in [4.69, 9.17) is 5.84 Å². The number of nitrogen functional groups attached to an aromatic ring is 1. The summed E-state index contributed by atoms with van der Waals surface area (Å²) in [7, 11) is 0. The Labute approximate surface area is 113 Å². The average molecular weight is 257 g/mol. The molecule has 0 aliphatic carbocycles. The first-order valence-electron chi connectivity index (χ1n) is 6.35. The SMILES string of the molecule is CCc1nc(NN)cc(NCc2cccc(C)c2)n1. The number of nitrogens with one attached hydrogen (secondary N) is 2. The van der Waals surface area contributed by atoms with Crippen molar-refractivity contribution in [2.45, 2.75) is 26.8 Å². The maximum atomic E-state index is 5.40. The molecule has 2 aromatic rings. The van der Waals surface area contributed by atoms with Crippen molar-refractivity contribution in [2.24, 2.45) is 5.84 Å². The first kappa shape index (κ1) is 13.3. The molecule has 1 aromatic heterocycles. The Balaban J connectivity index is 2.10. The Morgan fingerprint density at radius 3 is 2.63 bits per heavy atom. The fourth-order valence-electron chi connectivity index (χ4n) is 1.83. The highest BCUT2D eigenvalue weighted by atomic mass is 15.3. The van der Waals surface area contributed by atoms with E-state index in [-0.39, 0.29) is 0 Å². The minimum atomic E-state index is 0.624. The minimum absolute atomic E-state index is 0.624. The Morgan fingerprint density at radius 1 is 1.16 bits per heavy atom. The van der Waals surface area contributed by atoms with Gasteiger partial charge < -0.3 is 10.7 Å². The fraction of sp³-hybridized carbons (Fsp3) is 0.286. The molecule has 5 heteroatoms. The summed E-state index contributed by atoms with van der Waals surface area (Å²) in [4.78, 5) is 8.67. The number of hydrogen-bond acceptors (Lipinski definition) is 5. The van der Waals surface area contributed by atoms with Crippen LogP contribution >= 0.6 is 0 Å². The summed E-state index contributed by atoms with van der Waals surface area (Å²) in [6.07, 6.45) is 0.772. The van der Waals surface area contributed by atoms with Crippen LogP contribution in [0.3, 0.4) is 0 Å². The van der Waals surface area contributed by atoms with Crippen molar-refractivity contribution in [1.82, 2.24) is 9.97 Å². The Kier molecular flexibility index (Phi) is 4.30. The molecular formula is C14H19N5. The van der Waals surface area contributed by atoms with Gasteiger partial charge in [-0.05, 0) is 12.5 Å². The zero-order chi connectivity index (χ0) is 13.7. The van der Waals surface area contributed by atoms with E-state index in [1.165, 1.54) is 11.1 Å². The van der Waals surface area contributed by atoms with Crippen molar-refractivity contribution in [3.63, 3.8) is 0 Å². The summed E-state index contributed by atoms with van der Waals surface area (Å²) < 4.78 is 0. The summed E-state index contributed by atoms with van der Waals surface area (Å²) >= 11 is 0. The molecule has 5 nitrogen and oxygen atoms in total. The largest absolute Gasteiger partial charge is 0.366 e. The van der Waals surface area contributed by atoms with E-state index in [1.54, 1.807) is 6.07 Å². The van der Waals surface area contributed by atoms with Gasteiger partial charge in [0.25, 0.3) is 0 Å². The summed E-state index contributed by atoms with van der Waals surface area (Å²) in [6, 6.07) is 10.2. The van der Waals surface area contributed by atoms with Crippen molar-refractivity contribution in [3.05, 3.63) is 47.3 Å². The van der Waals surface area contributed by atoms with E-state index in [0.717, 1.165) is 24.6 Å². The smallest absolute Gasteiger partial charge is 0.145 e. The quantitative estimate of drug-likeness (QED) is 0.566. The monoisotopic (exact) mass is 257 g/mol. The van der Waals surface area contributed by atoms with Gasteiger partial charge >= 0.3 is 0 Å². The molecule has 0 saturated heterocycles. The van der Waals surface area contributed by atoms with Crippen LogP contribution in [0.4, 0.5) is 11.6 Å². The standard InChI is InChI=1S/C14H19N5/c1-3-12-17-13(8-14(18-12)19-15)16-9-11-6-4-5-10(2)7-11/h4-8H,3,9,15H2,1-2H3,(H2,16,17,18,19). The fourth-order valence-corrected chi connectivity index (χ4v) is 1.83. The van der Waals surface area contributed by atoms with Gasteiger partial charge in [0, 0.05) is 19.0 Å². The lowest BCUT2D eigenvalue weighted by atomic mass is 10.1. The zero-order valence-electron chi connectivity index (χ0n) is 11.3. The van der Waals surface area contributed by atoms with Crippen molar-refractivity contribution < 1.29 is 0 Å². The van der Waals surface area contributed by atoms with Gasteiger partial charge in [-0.3, -0.25) is 0 Å². The Bertz CT molecular complexity index is 531. The second-order valence-corrected chi connectivity index (χ2v) is 4.40. The van der Waals surface area contributed by atoms with Gasteiger partial charge in [0.2, 0.25) is 0 Å². The molecule has 4 N–H and O–H groups in total. The molecule has 1 aromatic carbocycles. The third kappa shape index (κ3) is 3.66. The van der Waals surface area contributed by atoms with E-state index >= 15 is 0 Å². The van der Waals surface area contributed by atoms with Gasteiger partial charge in [-0.25, -0.2) is 15.8 Å². The van der Waals surface area contributed by atoms with Gasteiger partial charge in [0.15, 0.2) is 0 Å². The second kappa shape index (κ2) is 6.15. The predicted octanol–water partition coefficient (Wildman–Crippen LogP) is 2.25. The van der Waals surface area contributed by atoms with Gasteiger partial charge in [-0.1, -0.05) is 36.8 Å². The molecular weight excluding hydrogens is 238 g/mol.